The lowest BCUT2D eigenvalue weighted by atomic mass is 10.1. The van der Waals surface area contributed by atoms with E-state index in [-0.39, 0.29) is 11.9 Å². The van der Waals surface area contributed by atoms with Gasteiger partial charge in [0, 0.05) is 0 Å². The molecular weight excluding hydrogens is 181 g/mol. The van der Waals surface area contributed by atoms with Crippen molar-refractivity contribution >= 4 is 0 Å². The molecule has 3 N–H and O–H groups in total. The summed E-state index contributed by atoms with van der Waals surface area (Å²) in [7, 11) is 0. The monoisotopic (exact) mass is 197 g/mol. The summed E-state index contributed by atoms with van der Waals surface area (Å²) in [6, 6.07) is 6.35. The lowest BCUT2D eigenvalue weighted by Gasteiger charge is -2.08. The van der Waals surface area contributed by atoms with E-state index in [1.165, 1.54) is 12.1 Å². The summed E-state index contributed by atoms with van der Waals surface area (Å²) in [5.41, 5.74) is 6.35. The molecule has 0 unspecified atom stereocenters. The Hall–Kier alpha value is -0.930. The van der Waals surface area contributed by atoms with Gasteiger partial charge in [0.15, 0.2) is 0 Å². The van der Waals surface area contributed by atoms with Crippen LogP contribution in [0.25, 0.3) is 0 Å². The molecule has 3 heteroatoms. The van der Waals surface area contributed by atoms with Crippen LogP contribution < -0.4 is 5.73 Å². The van der Waals surface area contributed by atoms with Crippen LogP contribution in [-0.2, 0) is 6.42 Å². The van der Waals surface area contributed by atoms with Gasteiger partial charge in [0.05, 0.1) is 6.10 Å². The highest BCUT2D eigenvalue weighted by atomic mass is 19.1. The molecule has 14 heavy (non-hydrogen) atoms. The molecule has 0 aromatic heterocycles. The molecule has 2 nitrogen and oxygen atoms in total. The molecule has 0 bridgehead atoms. The molecule has 0 saturated heterocycles. The molecule has 0 fully saturated rings. The molecule has 0 aliphatic rings. The second-order valence-electron chi connectivity index (χ2n) is 3.40. The first-order valence-electron chi connectivity index (χ1n) is 4.85. The molecule has 0 radical (unpaired) electrons. The number of aryl methyl sites for hydroxylation is 1. The van der Waals surface area contributed by atoms with E-state index in [9.17, 15) is 9.50 Å². The second-order valence-corrected chi connectivity index (χ2v) is 3.40. The fourth-order valence-corrected chi connectivity index (χ4v) is 1.32. The van der Waals surface area contributed by atoms with Gasteiger partial charge in [-0.05, 0) is 43.5 Å². The number of nitrogens with two attached hydrogens (primary N) is 1. The standard InChI is InChI=1S/C11H16FNO/c12-10-4-1-9(2-5-10)3-6-11(14)7-8-13/h1-2,4-5,11,14H,3,6-8,13H2/t11-/m1/s1. The minimum Gasteiger partial charge on any atom is -0.393 e. The molecule has 0 amide bonds. The van der Waals surface area contributed by atoms with Gasteiger partial charge < -0.3 is 10.8 Å². The first-order chi connectivity index (χ1) is 6.72. The van der Waals surface area contributed by atoms with E-state index in [4.69, 9.17) is 5.73 Å². The maximum absolute atomic E-state index is 12.5. The molecule has 0 aliphatic carbocycles. The van der Waals surface area contributed by atoms with Crippen LogP contribution in [0.4, 0.5) is 4.39 Å². The van der Waals surface area contributed by atoms with Crippen LogP contribution in [0.5, 0.6) is 0 Å². The van der Waals surface area contributed by atoms with Crippen molar-refractivity contribution in [1.82, 2.24) is 0 Å². The Balaban J connectivity index is 2.34. The molecule has 78 valence electrons. The average molecular weight is 197 g/mol. The van der Waals surface area contributed by atoms with Gasteiger partial charge in [-0.25, -0.2) is 4.39 Å². The third-order valence-corrected chi connectivity index (χ3v) is 2.18. The fraction of sp³-hybridized carbons (Fsp3) is 0.455. The normalized spacial score (nSPS) is 12.8. The zero-order valence-electron chi connectivity index (χ0n) is 8.12. The van der Waals surface area contributed by atoms with Crippen molar-refractivity contribution in [3.8, 4) is 0 Å². The Morgan fingerprint density at radius 3 is 2.43 bits per heavy atom. The molecule has 1 rings (SSSR count). The summed E-state index contributed by atoms with van der Waals surface area (Å²) in [5, 5.41) is 9.41. The molecule has 0 spiro atoms. The quantitative estimate of drug-likeness (QED) is 0.750. The zero-order chi connectivity index (χ0) is 10.4. The summed E-state index contributed by atoms with van der Waals surface area (Å²) in [6.45, 7) is 0.505. The minimum absolute atomic E-state index is 0.226. The SMILES string of the molecule is NCC[C@H](O)CCc1ccc(F)cc1. The molecule has 0 saturated carbocycles. The van der Waals surface area contributed by atoms with E-state index in [2.05, 4.69) is 0 Å². The molecule has 0 heterocycles. The summed E-state index contributed by atoms with van der Waals surface area (Å²) in [6.07, 6.45) is 1.73. The van der Waals surface area contributed by atoms with Crippen LogP contribution in [0.15, 0.2) is 24.3 Å². The summed E-state index contributed by atoms with van der Waals surface area (Å²) in [5.74, 6) is -0.226. The number of aliphatic hydroxyl groups excluding tert-OH is 1. The van der Waals surface area contributed by atoms with Crippen molar-refractivity contribution in [3.05, 3.63) is 35.6 Å². The van der Waals surface area contributed by atoms with Crippen molar-refractivity contribution in [2.24, 2.45) is 5.73 Å². The highest BCUT2D eigenvalue weighted by Gasteiger charge is 2.03. The number of benzene rings is 1. The highest BCUT2D eigenvalue weighted by molar-refractivity contribution is 5.16. The van der Waals surface area contributed by atoms with Gasteiger partial charge in [0.2, 0.25) is 0 Å². The Morgan fingerprint density at radius 1 is 1.21 bits per heavy atom. The smallest absolute Gasteiger partial charge is 0.123 e. The number of halogens is 1. The van der Waals surface area contributed by atoms with Gasteiger partial charge in [0.25, 0.3) is 0 Å². The van der Waals surface area contributed by atoms with Crippen LogP contribution in [0, 0.1) is 5.82 Å². The van der Waals surface area contributed by atoms with Crippen LogP contribution in [0.2, 0.25) is 0 Å². The third-order valence-electron chi connectivity index (χ3n) is 2.18. The number of aliphatic hydroxyl groups is 1. The third kappa shape index (κ3) is 3.85. The Labute approximate surface area is 83.6 Å². The fourth-order valence-electron chi connectivity index (χ4n) is 1.32. The van der Waals surface area contributed by atoms with E-state index < -0.39 is 0 Å². The lowest BCUT2D eigenvalue weighted by molar-refractivity contribution is 0.157. The highest BCUT2D eigenvalue weighted by Crippen LogP contribution is 2.08. The first kappa shape index (κ1) is 11.1. The summed E-state index contributed by atoms with van der Waals surface area (Å²) in [4.78, 5) is 0. The van der Waals surface area contributed by atoms with Crippen molar-refractivity contribution in [1.29, 1.82) is 0 Å². The Kier molecular flexibility index (Phi) is 4.56. The molecule has 1 atom stereocenters. The van der Waals surface area contributed by atoms with Crippen LogP contribution in [0.3, 0.4) is 0 Å². The Bertz CT molecular complexity index is 260. The van der Waals surface area contributed by atoms with Gasteiger partial charge in [0.1, 0.15) is 5.82 Å². The van der Waals surface area contributed by atoms with E-state index >= 15 is 0 Å². The number of rotatable bonds is 5. The van der Waals surface area contributed by atoms with E-state index in [1.54, 1.807) is 12.1 Å². The van der Waals surface area contributed by atoms with Crippen molar-refractivity contribution < 1.29 is 9.50 Å². The molecule has 0 aliphatic heterocycles. The summed E-state index contributed by atoms with van der Waals surface area (Å²) < 4.78 is 12.5. The Morgan fingerprint density at radius 2 is 1.86 bits per heavy atom. The van der Waals surface area contributed by atoms with E-state index in [0.29, 0.717) is 19.4 Å². The van der Waals surface area contributed by atoms with Crippen molar-refractivity contribution in [2.45, 2.75) is 25.4 Å². The van der Waals surface area contributed by atoms with E-state index in [0.717, 1.165) is 12.0 Å². The van der Waals surface area contributed by atoms with Gasteiger partial charge in [-0.1, -0.05) is 12.1 Å². The van der Waals surface area contributed by atoms with Gasteiger partial charge in [-0.15, -0.1) is 0 Å². The zero-order valence-corrected chi connectivity index (χ0v) is 8.12. The number of hydrogen-bond acceptors (Lipinski definition) is 2. The van der Waals surface area contributed by atoms with Crippen LogP contribution in [0.1, 0.15) is 18.4 Å². The lowest BCUT2D eigenvalue weighted by Crippen LogP contribution is -2.14. The maximum Gasteiger partial charge on any atom is 0.123 e. The largest absolute Gasteiger partial charge is 0.393 e. The summed E-state index contributed by atoms with van der Waals surface area (Å²) >= 11 is 0. The van der Waals surface area contributed by atoms with Crippen molar-refractivity contribution in [3.63, 3.8) is 0 Å². The minimum atomic E-state index is -0.343. The molecule has 1 aromatic carbocycles. The molecule has 1 aromatic rings. The predicted molar refractivity (Wildman–Crippen MR) is 54.4 cm³/mol. The maximum atomic E-state index is 12.5. The van der Waals surface area contributed by atoms with Crippen molar-refractivity contribution in [2.75, 3.05) is 6.54 Å². The van der Waals surface area contributed by atoms with E-state index in [1.807, 2.05) is 0 Å². The van der Waals surface area contributed by atoms with Gasteiger partial charge in [-0.3, -0.25) is 0 Å². The average Bonchev–Trinajstić information content (AvgIpc) is 2.17. The molecular formula is C11H16FNO. The first-order valence-corrected chi connectivity index (χ1v) is 4.85. The topological polar surface area (TPSA) is 46.2 Å². The number of hydrogen-bond donors (Lipinski definition) is 2. The second kappa shape index (κ2) is 5.73. The van der Waals surface area contributed by atoms with Gasteiger partial charge >= 0.3 is 0 Å². The predicted octanol–water partition coefficient (Wildman–Crippen LogP) is 1.47. The van der Waals surface area contributed by atoms with Gasteiger partial charge in [-0.2, -0.15) is 0 Å². The van der Waals surface area contributed by atoms with Crippen LogP contribution >= 0.6 is 0 Å². The van der Waals surface area contributed by atoms with Crippen LogP contribution in [-0.4, -0.2) is 17.8 Å².